The predicted molar refractivity (Wildman–Crippen MR) is 107 cm³/mol. The molecule has 3 aromatic rings. The van der Waals surface area contributed by atoms with Crippen LogP contribution in [0.4, 0.5) is 5.69 Å². The molecule has 25 heavy (non-hydrogen) atoms. The van der Waals surface area contributed by atoms with Gasteiger partial charge in [-0.25, -0.2) is 0 Å². The van der Waals surface area contributed by atoms with Crippen molar-refractivity contribution in [1.29, 1.82) is 0 Å². The molecule has 3 nitrogen and oxygen atoms in total. The van der Waals surface area contributed by atoms with Crippen LogP contribution in [0.2, 0.25) is 0 Å². The first-order valence-corrected chi connectivity index (χ1v) is 9.68. The zero-order chi connectivity index (χ0) is 17.2. The van der Waals surface area contributed by atoms with Crippen molar-refractivity contribution >= 4 is 32.5 Å². The lowest BCUT2D eigenvalue weighted by Gasteiger charge is -2.25. The molecule has 4 rings (SSSR count). The molecule has 0 saturated carbocycles. The fourth-order valence-corrected chi connectivity index (χ4v) is 4.18. The van der Waals surface area contributed by atoms with Gasteiger partial charge in [0, 0.05) is 33.9 Å². The Morgan fingerprint density at radius 2 is 2.16 bits per heavy atom. The van der Waals surface area contributed by atoms with Crippen LogP contribution in [0, 0.1) is 0 Å². The molecule has 1 aliphatic rings. The van der Waals surface area contributed by atoms with Crippen LogP contribution < -0.4 is 5.32 Å². The molecule has 0 aliphatic heterocycles. The van der Waals surface area contributed by atoms with E-state index in [1.54, 1.807) is 7.11 Å². The molecule has 0 fully saturated rings. The lowest BCUT2D eigenvalue weighted by molar-refractivity contribution is 0.202. The van der Waals surface area contributed by atoms with Crippen LogP contribution in [0.1, 0.15) is 35.7 Å². The predicted octanol–water partition coefficient (Wildman–Crippen LogP) is 5.61. The van der Waals surface area contributed by atoms with Crippen LogP contribution in [0.25, 0.3) is 10.9 Å². The fraction of sp³-hybridized carbons (Fsp3) is 0.333. The normalized spacial score (nSPS) is 16.8. The molecule has 1 atom stereocenters. The third-order valence-electron chi connectivity index (χ3n) is 5.03. The Labute approximate surface area is 156 Å². The van der Waals surface area contributed by atoms with Crippen molar-refractivity contribution in [2.24, 2.45) is 0 Å². The number of benzene rings is 2. The molecule has 1 heterocycles. The quantitative estimate of drug-likeness (QED) is 0.585. The zero-order valence-electron chi connectivity index (χ0n) is 14.4. The molecule has 0 spiro atoms. The van der Waals surface area contributed by atoms with Crippen molar-refractivity contribution in [3.63, 3.8) is 0 Å². The van der Waals surface area contributed by atoms with Crippen LogP contribution in [0.15, 0.2) is 46.9 Å². The number of methoxy groups -OCH3 is 1. The summed E-state index contributed by atoms with van der Waals surface area (Å²) in [5.74, 6) is 0. The van der Waals surface area contributed by atoms with Gasteiger partial charge in [-0.2, -0.15) is 0 Å². The molecular formula is C21H23BrN2O. The molecular weight excluding hydrogens is 376 g/mol. The van der Waals surface area contributed by atoms with Gasteiger partial charge in [0.05, 0.1) is 12.6 Å². The van der Waals surface area contributed by atoms with Crippen molar-refractivity contribution in [2.75, 3.05) is 19.0 Å². The molecule has 0 amide bonds. The summed E-state index contributed by atoms with van der Waals surface area (Å²) >= 11 is 3.60. The average Bonchev–Trinajstić information content (AvgIpc) is 2.99. The van der Waals surface area contributed by atoms with Gasteiger partial charge in [0.2, 0.25) is 0 Å². The Kier molecular flexibility index (Phi) is 4.82. The molecule has 130 valence electrons. The van der Waals surface area contributed by atoms with Crippen molar-refractivity contribution in [3.8, 4) is 0 Å². The number of aromatic nitrogens is 1. The van der Waals surface area contributed by atoms with E-state index in [4.69, 9.17) is 4.74 Å². The molecule has 2 N–H and O–H groups in total. The number of hydrogen-bond donors (Lipinski definition) is 2. The average molecular weight is 399 g/mol. The molecule has 0 bridgehead atoms. The smallest absolute Gasteiger partial charge is 0.0666 e. The number of hydrogen-bond acceptors (Lipinski definition) is 2. The van der Waals surface area contributed by atoms with E-state index in [0.717, 1.165) is 30.3 Å². The van der Waals surface area contributed by atoms with E-state index in [2.05, 4.69) is 68.7 Å². The first kappa shape index (κ1) is 16.7. The molecule has 2 aromatic carbocycles. The van der Waals surface area contributed by atoms with Gasteiger partial charge in [-0.05, 0) is 67.1 Å². The van der Waals surface area contributed by atoms with E-state index in [0.29, 0.717) is 6.04 Å². The number of H-pyrrole nitrogens is 1. The highest BCUT2D eigenvalue weighted by atomic mass is 79.9. The third kappa shape index (κ3) is 3.46. The van der Waals surface area contributed by atoms with E-state index in [1.165, 1.54) is 39.8 Å². The summed E-state index contributed by atoms with van der Waals surface area (Å²) in [7, 11) is 1.75. The van der Waals surface area contributed by atoms with Gasteiger partial charge in [-0.1, -0.05) is 28.1 Å². The maximum Gasteiger partial charge on any atom is 0.0666 e. The highest BCUT2D eigenvalue weighted by Crippen LogP contribution is 2.37. The Bertz CT molecular complexity index is 887. The van der Waals surface area contributed by atoms with Gasteiger partial charge in [0.25, 0.3) is 0 Å². The van der Waals surface area contributed by atoms with E-state index >= 15 is 0 Å². The number of halogens is 1. The summed E-state index contributed by atoms with van der Waals surface area (Å²) in [5, 5.41) is 5.10. The van der Waals surface area contributed by atoms with Gasteiger partial charge < -0.3 is 15.0 Å². The zero-order valence-corrected chi connectivity index (χ0v) is 16.0. The van der Waals surface area contributed by atoms with Crippen LogP contribution in [-0.2, 0) is 17.6 Å². The molecule has 1 aromatic heterocycles. The lowest BCUT2D eigenvalue weighted by Crippen LogP contribution is -2.17. The Morgan fingerprint density at radius 3 is 3.04 bits per heavy atom. The largest absolute Gasteiger partial charge is 0.384 e. The van der Waals surface area contributed by atoms with Gasteiger partial charge >= 0.3 is 0 Å². The number of aryl methyl sites for hydroxylation is 1. The van der Waals surface area contributed by atoms with Crippen molar-refractivity contribution in [2.45, 2.75) is 31.7 Å². The summed E-state index contributed by atoms with van der Waals surface area (Å²) < 4.78 is 6.34. The second-order valence-corrected chi connectivity index (χ2v) is 7.66. The van der Waals surface area contributed by atoms with Crippen molar-refractivity contribution < 1.29 is 4.74 Å². The van der Waals surface area contributed by atoms with Crippen LogP contribution in [0.5, 0.6) is 0 Å². The van der Waals surface area contributed by atoms with E-state index < -0.39 is 0 Å². The Hall–Kier alpha value is -1.78. The minimum atomic E-state index is 0.340. The number of ether oxygens (including phenoxy) is 1. The number of aromatic amines is 1. The summed E-state index contributed by atoms with van der Waals surface area (Å²) in [6.45, 7) is 0.758. The van der Waals surface area contributed by atoms with Crippen molar-refractivity contribution in [3.05, 3.63) is 63.8 Å². The first-order valence-electron chi connectivity index (χ1n) is 8.89. The number of fused-ring (bicyclic) bond motifs is 3. The van der Waals surface area contributed by atoms with Gasteiger partial charge in [0.15, 0.2) is 0 Å². The van der Waals surface area contributed by atoms with Crippen molar-refractivity contribution in [1.82, 2.24) is 4.98 Å². The van der Waals surface area contributed by atoms with Crippen LogP contribution in [0.3, 0.4) is 0 Å². The monoisotopic (exact) mass is 398 g/mol. The number of anilines is 1. The highest BCUT2D eigenvalue weighted by molar-refractivity contribution is 9.10. The standard InChI is InChI=1S/C21H23BrN2O/c1-25-11-10-14-4-2-5-16(12-14)23-20-7-3-6-17-18-13-15(22)8-9-19(18)24-21(17)20/h2,4-5,8-9,12-13,20,23-24H,3,6-7,10-11H2,1H3. The topological polar surface area (TPSA) is 37.0 Å². The molecule has 1 aliphatic carbocycles. The Morgan fingerprint density at radius 1 is 1.24 bits per heavy atom. The second-order valence-electron chi connectivity index (χ2n) is 6.74. The highest BCUT2D eigenvalue weighted by Gasteiger charge is 2.24. The lowest BCUT2D eigenvalue weighted by atomic mass is 9.91. The maximum atomic E-state index is 5.20. The summed E-state index contributed by atoms with van der Waals surface area (Å²) in [4.78, 5) is 3.66. The van der Waals surface area contributed by atoms with E-state index in [1.807, 2.05) is 0 Å². The minimum absolute atomic E-state index is 0.340. The van der Waals surface area contributed by atoms with Crippen LogP contribution >= 0.6 is 15.9 Å². The molecule has 0 radical (unpaired) electrons. The summed E-state index contributed by atoms with van der Waals surface area (Å²) in [5.41, 5.74) is 6.54. The molecule has 1 unspecified atom stereocenters. The molecule has 0 saturated heterocycles. The van der Waals surface area contributed by atoms with E-state index in [9.17, 15) is 0 Å². The van der Waals surface area contributed by atoms with Gasteiger partial charge in [0.1, 0.15) is 0 Å². The Balaban J connectivity index is 1.62. The minimum Gasteiger partial charge on any atom is -0.384 e. The maximum absolute atomic E-state index is 5.20. The number of rotatable bonds is 5. The van der Waals surface area contributed by atoms with Gasteiger partial charge in [-0.3, -0.25) is 0 Å². The van der Waals surface area contributed by atoms with Gasteiger partial charge in [-0.15, -0.1) is 0 Å². The first-order chi connectivity index (χ1) is 12.2. The van der Waals surface area contributed by atoms with Crippen LogP contribution in [-0.4, -0.2) is 18.7 Å². The number of nitrogens with one attached hydrogen (secondary N) is 2. The SMILES string of the molecule is COCCc1cccc(NC2CCCc3c2[nH]c2ccc(Br)cc32)c1. The summed E-state index contributed by atoms with van der Waals surface area (Å²) in [6.07, 6.45) is 4.47. The summed E-state index contributed by atoms with van der Waals surface area (Å²) in [6, 6.07) is 15.5. The van der Waals surface area contributed by atoms with E-state index in [-0.39, 0.29) is 0 Å². The molecule has 4 heteroatoms. The second kappa shape index (κ2) is 7.22. The third-order valence-corrected chi connectivity index (χ3v) is 5.53. The fourth-order valence-electron chi connectivity index (χ4n) is 3.82.